The van der Waals surface area contributed by atoms with E-state index >= 15 is 0 Å². The van der Waals surface area contributed by atoms with Crippen molar-refractivity contribution in [3.8, 4) is 11.5 Å². The van der Waals surface area contributed by atoms with Gasteiger partial charge in [-0.25, -0.2) is 4.79 Å². The van der Waals surface area contributed by atoms with Gasteiger partial charge in [0.1, 0.15) is 30.5 Å². The molecule has 0 bridgehead atoms. The highest BCUT2D eigenvalue weighted by Gasteiger charge is 2.58. The van der Waals surface area contributed by atoms with Gasteiger partial charge in [0.05, 0.1) is 44.2 Å². The zero-order chi connectivity index (χ0) is 26.2. The maximum Gasteiger partial charge on any atom is 0.338 e. The highest BCUT2D eigenvalue weighted by atomic mass is 16.8. The molecule has 12 nitrogen and oxygen atoms in total. The average molecular weight is 513 g/mol. The molecular weight excluding hydrogens is 480 g/mol. The minimum Gasteiger partial charge on any atom is -0.493 e. The Morgan fingerprint density at radius 1 is 1.08 bits per heavy atom. The quantitative estimate of drug-likeness (QED) is 0.291. The van der Waals surface area contributed by atoms with E-state index in [-0.39, 0.29) is 12.0 Å². The number of aliphatic hydroxyl groups excluding tert-OH is 4. The minimum absolute atomic E-state index is 0.0730. The van der Waals surface area contributed by atoms with E-state index in [2.05, 4.69) is 0 Å². The number of hydrogen-bond donors (Lipinski definition) is 5. The minimum atomic E-state index is -1.64. The molecule has 1 saturated heterocycles. The predicted octanol–water partition coefficient (Wildman–Crippen LogP) is -0.697. The van der Waals surface area contributed by atoms with Crippen molar-refractivity contribution in [2.45, 2.75) is 62.0 Å². The number of rotatable bonds is 7. The van der Waals surface area contributed by atoms with Gasteiger partial charge in [-0.05, 0) is 31.2 Å². The fourth-order valence-corrected chi connectivity index (χ4v) is 5.06. The molecule has 10 atom stereocenters. The van der Waals surface area contributed by atoms with E-state index in [0.717, 1.165) is 0 Å². The largest absolute Gasteiger partial charge is 0.493 e. The summed E-state index contributed by atoms with van der Waals surface area (Å²) in [5.74, 6) is -1.05. The molecule has 1 aromatic carbocycles. The number of fused-ring (bicyclic) bond motifs is 1. The van der Waals surface area contributed by atoms with Crippen molar-refractivity contribution in [1.29, 1.82) is 0 Å². The van der Waals surface area contributed by atoms with E-state index < -0.39 is 73.1 Å². The van der Waals surface area contributed by atoms with Crippen LogP contribution in [0.2, 0.25) is 0 Å². The molecule has 2 aliphatic heterocycles. The van der Waals surface area contributed by atoms with E-state index in [1.54, 1.807) is 25.1 Å². The van der Waals surface area contributed by atoms with Crippen molar-refractivity contribution in [2.24, 2.45) is 11.8 Å². The third-order valence-corrected chi connectivity index (χ3v) is 6.98. The second kappa shape index (κ2) is 10.5. The van der Waals surface area contributed by atoms with Crippen LogP contribution in [0.4, 0.5) is 0 Å². The van der Waals surface area contributed by atoms with Gasteiger partial charge in [0, 0.05) is 12.3 Å². The van der Waals surface area contributed by atoms with Crippen LogP contribution >= 0.6 is 0 Å². The summed E-state index contributed by atoms with van der Waals surface area (Å²) >= 11 is 0. The van der Waals surface area contributed by atoms with Crippen molar-refractivity contribution in [3.63, 3.8) is 0 Å². The van der Waals surface area contributed by atoms with Gasteiger partial charge in [0.25, 0.3) is 0 Å². The smallest absolute Gasteiger partial charge is 0.338 e. The van der Waals surface area contributed by atoms with Crippen molar-refractivity contribution in [3.05, 3.63) is 36.1 Å². The first-order valence-corrected chi connectivity index (χ1v) is 11.5. The van der Waals surface area contributed by atoms with E-state index in [9.17, 15) is 30.3 Å². The highest BCUT2D eigenvalue weighted by molar-refractivity contribution is 5.90. The Morgan fingerprint density at radius 2 is 1.81 bits per heavy atom. The van der Waals surface area contributed by atoms with Crippen LogP contribution in [0.25, 0.3) is 0 Å². The monoisotopic (exact) mass is 512 g/mol. The normalized spacial score (nSPS) is 39.7. The Labute approximate surface area is 207 Å². The lowest BCUT2D eigenvalue weighted by Gasteiger charge is -2.43. The first-order valence-electron chi connectivity index (χ1n) is 11.5. The topological polar surface area (TPSA) is 174 Å². The Hall–Kier alpha value is -2.45. The van der Waals surface area contributed by atoms with Crippen LogP contribution in [0.3, 0.4) is 0 Å². The lowest BCUT2D eigenvalue weighted by Crippen LogP contribution is -2.60. The van der Waals surface area contributed by atoms with Crippen molar-refractivity contribution >= 4 is 5.97 Å². The SMILES string of the molecule is COc1ccc(C(=O)OC2CC(C)(O)C3C(OC4OC(CO)C(O)C(O)C4O)OC=CC23)cc1OC. The van der Waals surface area contributed by atoms with Crippen LogP contribution in [0, 0.1) is 11.8 Å². The first-order chi connectivity index (χ1) is 17.1. The fourth-order valence-electron chi connectivity index (χ4n) is 5.06. The first kappa shape index (κ1) is 26.6. The van der Waals surface area contributed by atoms with Crippen LogP contribution in [0.1, 0.15) is 23.7 Å². The molecule has 1 aromatic rings. The standard InChI is InChI=1S/C24H32O12/c1-24(30)9-15(34-21(29)11-4-5-13(31-2)14(8-11)32-3)12-6-7-33-22(17(12)24)36-23-20(28)19(27)18(26)16(10-25)35-23/h4-8,12,15-20,22-23,25-28,30H,9-10H2,1-3H3. The molecule has 5 N–H and O–H groups in total. The Morgan fingerprint density at radius 3 is 2.47 bits per heavy atom. The average Bonchev–Trinajstić information content (AvgIpc) is 3.13. The molecule has 0 radical (unpaired) electrons. The van der Waals surface area contributed by atoms with Gasteiger partial charge in [-0.2, -0.15) is 0 Å². The molecule has 2 fully saturated rings. The lowest BCUT2D eigenvalue weighted by atomic mass is 9.85. The molecular formula is C24H32O12. The van der Waals surface area contributed by atoms with Gasteiger partial charge in [0.15, 0.2) is 17.8 Å². The summed E-state index contributed by atoms with van der Waals surface area (Å²) < 4.78 is 33.0. The van der Waals surface area contributed by atoms with E-state index in [1.807, 2.05) is 0 Å². The highest BCUT2D eigenvalue weighted by Crippen LogP contribution is 2.48. The summed E-state index contributed by atoms with van der Waals surface area (Å²) in [6, 6.07) is 4.62. The molecule has 10 unspecified atom stereocenters. The summed E-state index contributed by atoms with van der Waals surface area (Å²) in [5, 5.41) is 51.0. The van der Waals surface area contributed by atoms with Crippen molar-refractivity contribution in [1.82, 2.24) is 0 Å². The molecule has 2 heterocycles. The maximum absolute atomic E-state index is 12.9. The van der Waals surface area contributed by atoms with Gasteiger partial charge in [-0.15, -0.1) is 0 Å². The summed E-state index contributed by atoms with van der Waals surface area (Å²) in [6.45, 7) is 0.940. The Bertz CT molecular complexity index is 962. The molecule has 3 aliphatic rings. The van der Waals surface area contributed by atoms with Crippen LogP contribution in [-0.4, -0.2) is 101 Å². The number of hydrogen-bond acceptors (Lipinski definition) is 12. The van der Waals surface area contributed by atoms with Gasteiger partial charge in [-0.3, -0.25) is 0 Å². The molecule has 0 amide bonds. The summed E-state index contributed by atoms with van der Waals surface area (Å²) in [5.41, 5.74) is -1.17. The molecule has 0 aromatic heterocycles. The van der Waals surface area contributed by atoms with E-state index in [0.29, 0.717) is 11.5 Å². The van der Waals surface area contributed by atoms with Crippen LogP contribution in [-0.2, 0) is 18.9 Å². The molecule has 0 spiro atoms. The van der Waals surface area contributed by atoms with Crippen LogP contribution in [0.5, 0.6) is 11.5 Å². The molecule has 12 heteroatoms. The maximum atomic E-state index is 12.9. The number of methoxy groups -OCH3 is 2. The third kappa shape index (κ3) is 4.90. The fraction of sp³-hybridized carbons (Fsp3) is 0.625. The molecule has 4 rings (SSSR count). The zero-order valence-corrected chi connectivity index (χ0v) is 20.1. The van der Waals surface area contributed by atoms with Gasteiger partial charge in [-0.1, -0.05) is 0 Å². The summed E-state index contributed by atoms with van der Waals surface area (Å²) in [7, 11) is 2.94. The van der Waals surface area contributed by atoms with Crippen molar-refractivity contribution in [2.75, 3.05) is 20.8 Å². The number of carbonyl (C=O) groups is 1. The van der Waals surface area contributed by atoms with Gasteiger partial charge >= 0.3 is 5.97 Å². The van der Waals surface area contributed by atoms with E-state index in [1.165, 1.54) is 26.5 Å². The zero-order valence-electron chi connectivity index (χ0n) is 20.1. The van der Waals surface area contributed by atoms with Gasteiger partial charge in [0.2, 0.25) is 6.29 Å². The van der Waals surface area contributed by atoms with Crippen LogP contribution in [0.15, 0.2) is 30.5 Å². The number of ether oxygens (including phenoxy) is 6. The predicted molar refractivity (Wildman–Crippen MR) is 120 cm³/mol. The number of carbonyl (C=O) groups excluding carboxylic acids is 1. The Kier molecular flexibility index (Phi) is 7.76. The molecule has 1 aliphatic carbocycles. The van der Waals surface area contributed by atoms with Gasteiger partial charge < -0.3 is 54.0 Å². The number of aliphatic hydroxyl groups is 5. The Balaban J connectivity index is 1.49. The molecule has 200 valence electrons. The third-order valence-electron chi connectivity index (χ3n) is 6.98. The summed E-state index contributed by atoms with van der Waals surface area (Å²) in [6.07, 6.45) is -6.24. The molecule has 1 saturated carbocycles. The number of esters is 1. The number of benzene rings is 1. The van der Waals surface area contributed by atoms with Crippen LogP contribution < -0.4 is 9.47 Å². The second-order valence-corrected chi connectivity index (χ2v) is 9.34. The second-order valence-electron chi connectivity index (χ2n) is 9.34. The van der Waals surface area contributed by atoms with E-state index in [4.69, 9.17) is 28.4 Å². The van der Waals surface area contributed by atoms with Crippen molar-refractivity contribution < 1.29 is 58.7 Å². The lowest BCUT2D eigenvalue weighted by molar-refractivity contribution is -0.346. The molecule has 36 heavy (non-hydrogen) atoms. The summed E-state index contributed by atoms with van der Waals surface area (Å²) in [4.78, 5) is 12.9.